The minimum Gasteiger partial charge on any atom is -0.504 e. The van der Waals surface area contributed by atoms with Crippen molar-refractivity contribution < 1.29 is 14.3 Å². The Bertz CT molecular complexity index is 793. The highest BCUT2D eigenvalue weighted by atomic mass is 16.3. The largest absolute Gasteiger partial charge is 0.504 e. The zero-order valence-corrected chi connectivity index (χ0v) is 11.3. The van der Waals surface area contributed by atoms with Crippen LogP contribution < -0.4 is 0 Å². The van der Waals surface area contributed by atoms with Crippen molar-refractivity contribution in [2.45, 2.75) is 6.42 Å². The van der Waals surface area contributed by atoms with E-state index in [0.29, 0.717) is 6.42 Å². The number of nitrogens with one attached hydrogen (secondary N) is 1. The van der Waals surface area contributed by atoms with Gasteiger partial charge in [0.1, 0.15) is 0 Å². The third-order valence-electron chi connectivity index (χ3n) is 2.90. The molecule has 8 heteroatoms. The molecule has 0 fully saturated rings. The number of carbonyl (C=O) groups excluding carboxylic acids is 1. The maximum absolute atomic E-state index is 12.0. The maximum atomic E-state index is 12.0. The second-order valence-corrected chi connectivity index (χ2v) is 4.48. The van der Waals surface area contributed by atoms with Crippen LogP contribution in [0, 0.1) is 0 Å². The van der Waals surface area contributed by atoms with Gasteiger partial charge in [0.15, 0.2) is 11.5 Å². The molecule has 0 atom stereocenters. The van der Waals surface area contributed by atoms with Gasteiger partial charge >= 0.3 is 0 Å². The first-order valence-electron chi connectivity index (χ1n) is 6.37. The summed E-state index contributed by atoms with van der Waals surface area (Å²) in [6.07, 6.45) is 6.52. The number of allylic oxidation sites excluding steroid dienone is 1. The first-order valence-corrected chi connectivity index (χ1v) is 6.37. The fourth-order valence-corrected chi connectivity index (χ4v) is 1.86. The molecule has 0 radical (unpaired) electrons. The average Bonchev–Trinajstić information content (AvgIpc) is 3.19. The van der Waals surface area contributed by atoms with Gasteiger partial charge in [-0.3, -0.25) is 9.78 Å². The lowest BCUT2D eigenvalue weighted by molar-refractivity contribution is 0.102. The second kappa shape index (κ2) is 6.00. The number of ketones is 1. The number of hydrogen-bond donors (Lipinski definition) is 2. The van der Waals surface area contributed by atoms with Crippen LogP contribution >= 0.6 is 0 Å². The van der Waals surface area contributed by atoms with Crippen molar-refractivity contribution in [3.63, 3.8) is 0 Å². The number of hydrogen-bond acceptors (Lipinski definition) is 7. The molecular weight excluding hydrogens is 286 g/mol. The molecule has 3 aromatic rings. The number of pyridine rings is 1. The molecule has 3 aromatic heterocycles. The minimum atomic E-state index is -0.483. The van der Waals surface area contributed by atoms with E-state index in [2.05, 4.69) is 25.6 Å². The van der Waals surface area contributed by atoms with Crippen LogP contribution in [0.25, 0.3) is 5.76 Å². The number of rotatable bonds is 5. The Morgan fingerprint density at radius 1 is 1.32 bits per heavy atom. The van der Waals surface area contributed by atoms with E-state index in [9.17, 15) is 9.90 Å². The smallest absolute Gasteiger partial charge is 0.239 e. The van der Waals surface area contributed by atoms with Gasteiger partial charge in [-0.1, -0.05) is 0 Å². The van der Waals surface area contributed by atoms with E-state index >= 15 is 0 Å². The van der Waals surface area contributed by atoms with Gasteiger partial charge in [-0.15, -0.1) is 10.2 Å². The highest BCUT2D eigenvalue weighted by Crippen LogP contribution is 2.15. The highest BCUT2D eigenvalue weighted by molar-refractivity contribution is 6.05. The lowest BCUT2D eigenvalue weighted by Gasteiger charge is -1.95. The normalized spacial score (nSPS) is 11.5. The van der Waals surface area contributed by atoms with E-state index in [0.717, 1.165) is 17.2 Å². The van der Waals surface area contributed by atoms with Gasteiger partial charge in [0, 0.05) is 24.9 Å². The molecule has 8 nitrogen and oxygen atoms in total. The summed E-state index contributed by atoms with van der Waals surface area (Å²) in [6.45, 7) is 0. The fraction of sp³-hybridized carbons (Fsp3) is 0.0714. The molecule has 0 bridgehead atoms. The van der Waals surface area contributed by atoms with Crippen molar-refractivity contribution in [2.75, 3.05) is 0 Å². The molecule has 110 valence electrons. The minimum absolute atomic E-state index is 0.0584. The standard InChI is InChI=1S/C14H11N5O3/c20-11(7-12(21)14-16-18-19-17-14)13-6-10(8-22-13)5-9-1-3-15-4-2-9/h1-4,6-8,21H,5H2,(H,16,17,18,19). The molecule has 3 rings (SSSR count). The average molecular weight is 297 g/mol. The van der Waals surface area contributed by atoms with Gasteiger partial charge in [0.25, 0.3) is 0 Å². The summed E-state index contributed by atoms with van der Waals surface area (Å²) < 4.78 is 5.23. The number of furan rings is 1. The monoisotopic (exact) mass is 297 g/mol. The van der Waals surface area contributed by atoms with Crippen molar-refractivity contribution >= 4 is 11.5 Å². The summed E-state index contributed by atoms with van der Waals surface area (Å²) in [6, 6.07) is 5.40. The Morgan fingerprint density at radius 3 is 2.86 bits per heavy atom. The second-order valence-electron chi connectivity index (χ2n) is 4.48. The third kappa shape index (κ3) is 3.06. The predicted octanol–water partition coefficient (Wildman–Crippen LogP) is 1.56. The van der Waals surface area contributed by atoms with E-state index in [4.69, 9.17) is 4.42 Å². The lowest BCUT2D eigenvalue weighted by atomic mass is 10.1. The number of aromatic nitrogens is 5. The van der Waals surface area contributed by atoms with Gasteiger partial charge in [-0.05, 0) is 34.5 Å². The van der Waals surface area contributed by atoms with Crippen LogP contribution in [0.4, 0.5) is 0 Å². The number of carbonyl (C=O) groups is 1. The quantitative estimate of drug-likeness (QED) is 0.417. The van der Waals surface area contributed by atoms with Crippen molar-refractivity contribution in [3.8, 4) is 0 Å². The molecule has 22 heavy (non-hydrogen) atoms. The maximum Gasteiger partial charge on any atom is 0.239 e. The number of H-pyrrole nitrogens is 1. The van der Waals surface area contributed by atoms with E-state index in [1.54, 1.807) is 18.5 Å². The lowest BCUT2D eigenvalue weighted by Crippen LogP contribution is -1.96. The third-order valence-corrected chi connectivity index (χ3v) is 2.90. The van der Waals surface area contributed by atoms with Gasteiger partial charge in [0.05, 0.1) is 6.26 Å². The van der Waals surface area contributed by atoms with Gasteiger partial charge < -0.3 is 9.52 Å². The molecule has 0 aliphatic heterocycles. The highest BCUT2D eigenvalue weighted by Gasteiger charge is 2.13. The summed E-state index contributed by atoms with van der Waals surface area (Å²) in [5.41, 5.74) is 1.90. The van der Waals surface area contributed by atoms with E-state index < -0.39 is 5.78 Å². The molecule has 0 saturated heterocycles. The molecule has 0 aliphatic carbocycles. The SMILES string of the molecule is O=C(C=C(O)c1nn[nH]n1)c1cc(Cc2ccncc2)co1. The molecule has 0 unspecified atom stereocenters. The van der Waals surface area contributed by atoms with Crippen LogP contribution in [0.1, 0.15) is 27.5 Å². The summed E-state index contributed by atoms with van der Waals surface area (Å²) >= 11 is 0. The molecule has 0 amide bonds. The Morgan fingerprint density at radius 2 is 2.14 bits per heavy atom. The number of nitrogens with zero attached hydrogens (tertiary/aromatic N) is 4. The van der Waals surface area contributed by atoms with Crippen LogP contribution in [0.3, 0.4) is 0 Å². The first-order chi connectivity index (χ1) is 10.7. The fourth-order valence-electron chi connectivity index (χ4n) is 1.86. The topological polar surface area (TPSA) is 118 Å². The molecule has 3 heterocycles. The van der Waals surface area contributed by atoms with E-state index in [1.807, 2.05) is 12.1 Å². The molecule has 0 saturated carbocycles. The number of aliphatic hydroxyl groups is 1. The summed E-state index contributed by atoms with van der Waals surface area (Å²) in [7, 11) is 0. The Kier molecular flexibility index (Phi) is 3.73. The van der Waals surface area contributed by atoms with E-state index in [1.165, 1.54) is 6.26 Å². The first kappa shape index (κ1) is 13.7. The predicted molar refractivity (Wildman–Crippen MR) is 74.9 cm³/mol. The van der Waals surface area contributed by atoms with Gasteiger partial charge in [0.2, 0.25) is 11.6 Å². The van der Waals surface area contributed by atoms with Crippen molar-refractivity contribution in [1.29, 1.82) is 0 Å². The van der Waals surface area contributed by atoms with Crippen molar-refractivity contribution in [2.24, 2.45) is 0 Å². The van der Waals surface area contributed by atoms with Gasteiger partial charge in [-0.2, -0.15) is 5.21 Å². The number of tetrazole rings is 1. The summed E-state index contributed by atoms with van der Waals surface area (Å²) in [5, 5.41) is 22.3. The zero-order chi connectivity index (χ0) is 15.4. The van der Waals surface area contributed by atoms with Crippen molar-refractivity contribution in [3.05, 3.63) is 65.6 Å². The van der Waals surface area contributed by atoms with Crippen LogP contribution in [0.5, 0.6) is 0 Å². The van der Waals surface area contributed by atoms with Crippen LogP contribution in [-0.4, -0.2) is 36.5 Å². The van der Waals surface area contributed by atoms with E-state index in [-0.39, 0.29) is 17.3 Å². The number of aromatic amines is 1. The molecule has 0 aliphatic rings. The number of aliphatic hydroxyl groups excluding tert-OH is 1. The van der Waals surface area contributed by atoms with Crippen LogP contribution in [0.2, 0.25) is 0 Å². The van der Waals surface area contributed by atoms with Gasteiger partial charge in [-0.25, -0.2) is 0 Å². The Labute approximate surface area is 124 Å². The van der Waals surface area contributed by atoms with Crippen molar-refractivity contribution in [1.82, 2.24) is 25.6 Å². The van der Waals surface area contributed by atoms with Crippen LogP contribution in [0.15, 0.2) is 47.3 Å². The molecule has 0 spiro atoms. The molecule has 0 aromatic carbocycles. The Balaban J connectivity index is 1.73. The summed E-state index contributed by atoms with van der Waals surface area (Å²) in [4.78, 5) is 15.9. The zero-order valence-electron chi connectivity index (χ0n) is 11.3. The Hall–Kier alpha value is -3.29. The molecular formula is C14H11N5O3. The molecule has 2 N–H and O–H groups in total. The van der Waals surface area contributed by atoms with Crippen LogP contribution in [-0.2, 0) is 6.42 Å². The summed E-state index contributed by atoms with van der Waals surface area (Å²) in [5.74, 6) is -0.801.